The van der Waals surface area contributed by atoms with E-state index < -0.39 is 0 Å². The third-order valence-corrected chi connectivity index (χ3v) is 2.60. The molecule has 0 fully saturated rings. The minimum absolute atomic E-state index is 0.776. The van der Waals surface area contributed by atoms with Crippen LogP contribution in [0.25, 0.3) is 0 Å². The summed E-state index contributed by atoms with van der Waals surface area (Å²) >= 11 is 0. The third-order valence-electron chi connectivity index (χ3n) is 2.60. The number of rotatable bonds is 7. The number of likely N-dealkylation sites (N-methyl/N-ethyl adjacent to an activating group) is 1. The predicted octanol–water partition coefficient (Wildman–Crippen LogP) is 2.16. The van der Waals surface area contributed by atoms with E-state index in [-0.39, 0.29) is 0 Å². The Balaban J connectivity index is 2.55. The van der Waals surface area contributed by atoms with Crippen LogP contribution < -0.4 is 4.74 Å². The van der Waals surface area contributed by atoms with Crippen LogP contribution in [0.1, 0.15) is 12.5 Å². The molecule has 0 aromatic heterocycles. The summed E-state index contributed by atoms with van der Waals surface area (Å²) in [7, 11) is 3.43. The van der Waals surface area contributed by atoms with Crippen molar-refractivity contribution in [1.29, 1.82) is 0 Å². The molecule has 1 aromatic rings. The molecule has 1 rings (SSSR count). The van der Waals surface area contributed by atoms with Crippen LogP contribution in [0.2, 0.25) is 0 Å². The fourth-order valence-electron chi connectivity index (χ4n) is 1.60. The maximum atomic E-state index is 5.21. The first-order chi connectivity index (χ1) is 7.80. The number of nitrogens with zero attached hydrogens (tertiary/aromatic N) is 1. The van der Waals surface area contributed by atoms with Gasteiger partial charge in [-0.05, 0) is 24.2 Å². The molecule has 0 aliphatic carbocycles. The van der Waals surface area contributed by atoms with Gasteiger partial charge in [-0.3, -0.25) is 4.90 Å². The molecule has 0 spiro atoms. The molecule has 0 heterocycles. The molecule has 0 bridgehead atoms. The number of hydrogen-bond donors (Lipinski definition) is 0. The van der Waals surface area contributed by atoms with Gasteiger partial charge in [0.15, 0.2) is 0 Å². The fraction of sp³-hybridized carbons (Fsp3) is 0.538. The smallest absolute Gasteiger partial charge is 0.119 e. The summed E-state index contributed by atoms with van der Waals surface area (Å²) in [5, 5.41) is 0. The predicted molar refractivity (Wildman–Crippen MR) is 65.8 cm³/mol. The standard InChI is InChI=1S/C13H21NO2/c1-4-14(8-9-15-2)11-12-6-5-7-13(10-12)16-3/h5-7,10H,4,8-9,11H2,1-3H3. The van der Waals surface area contributed by atoms with E-state index in [9.17, 15) is 0 Å². The fourth-order valence-corrected chi connectivity index (χ4v) is 1.60. The number of methoxy groups -OCH3 is 2. The molecule has 0 aliphatic rings. The van der Waals surface area contributed by atoms with Gasteiger partial charge in [-0.1, -0.05) is 19.1 Å². The molecule has 0 amide bonds. The van der Waals surface area contributed by atoms with Gasteiger partial charge in [0.1, 0.15) is 5.75 Å². The van der Waals surface area contributed by atoms with E-state index >= 15 is 0 Å². The van der Waals surface area contributed by atoms with Crippen LogP contribution in [0.5, 0.6) is 5.75 Å². The highest BCUT2D eigenvalue weighted by Crippen LogP contribution is 2.14. The first-order valence-electron chi connectivity index (χ1n) is 5.64. The quantitative estimate of drug-likeness (QED) is 0.707. The molecule has 0 atom stereocenters. The maximum Gasteiger partial charge on any atom is 0.119 e. The Morgan fingerprint density at radius 2 is 2.06 bits per heavy atom. The Morgan fingerprint density at radius 1 is 1.25 bits per heavy atom. The second-order valence-corrected chi connectivity index (χ2v) is 3.71. The van der Waals surface area contributed by atoms with Gasteiger partial charge in [0.2, 0.25) is 0 Å². The Morgan fingerprint density at radius 3 is 2.69 bits per heavy atom. The lowest BCUT2D eigenvalue weighted by Crippen LogP contribution is -2.26. The van der Waals surface area contributed by atoms with Crippen molar-refractivity contribution >= 4 is 0 Å². The van der Waals surface area contributed by atoms with Gasteiger partial charge in [0, 0.05) is 20.2 Å². The highest BCUT2D eigenvalue weighted by Gasteiger charge is 2.03. The van der Waals surface area contributed by atoms with Crippen molar-refractivity contribution in [3.63, 3.8) is 0 Å². The molecule has 0 radical (unpaired) electrons. The minimum atomic E-state index is 0.776. The molecule has 0 saturated heterocycles. The van der Waals surface area contributed by atoms with Gasteiger partial charge in [0.05, 0.1) is 13.7 Å². The Labute approximate surface area is 98.0 Å². The molecule has 0 N–H and O–H groups in total. The van der Waals surface area contributed by atoms with Crippen LogP contribution in [0.15, 0.2) is 24.3 Å². The Kier molecular flexibility index (Phi) is 5.90. The molecule has 3 heteroatoms. The van der Waals surface area contributed by atoms with Gasteiger partial charge < -0.3 is 9.47 Å². The summed E-state index contributed by atoms with van der Waals surface area (Å²) in [4.78, 5) is 2.35. The SMILES string of the molecule is CCN(CCOC)Cc1cccc(OC)c1. The van der Waals surface area contributed by atoms with Gasteiger partial charge in [-0.15, -0.1) is 0 Å². The van der Waals surface area contributed by atoms with Gasteiger partial charge in [-0.25, -0.2) is 0 Å². The van der Waals surface area contributed by atoms with Crippen molar-refractivity contribution in [3.8, 4) is 5.75 Å². The van der Waals surface area contributed by atoms with Crippen LogP contribution in [0.4, 0.5) is 0 Å². The summed E-state index contributed by atoms with van der Waals surface area (Å²) < 4.78 is 10.3. The minimum Gasteiger partial charge on any atom is -0.497 e. The highest BCUT2D eigenvalue weighted by molar-refractivity contribution is 5.28. The molecular weight excluding hydrogens is 202 g/mol. The summed E-state index contributed by atoms with van der Waals surface area (Å²) in [6.45, 7) is 5.87. The van der Waals surface area contributed by atoms with Crippen LogP contribution in [-0.4, -0.2) is 38.8 Å². The summed E-state index contributed by atoms with van der Waals surface area (Å²) in [5.41, 5.74) is 1.28. The summed E-state index contributed by atoms with van der Waals surface area (Å²) in [6, 6.07) is 8.20. The molecule has 90 valence electrons. The zero-order chi connectivity index (χ0) is 11.8. The zero-order valence-electron chi connectivity index (χ0n) is 10.4. The van der Waals surface area contributed by atoms with Crippen molar-refractivity contribution in [2.45, 2.75) is 13.5 Å². The van der Waals surface area contributed by atoms with E-state index in [4.69, 9.17) is 9.47 Å². The molecule has 1 aromatic carbocycles. The van der Waals surface area contributed by atoms with Crippen LogP contribution in [0.3, 0.4) is 0 Å². The third kappa shape index (κ3) is 4.21. The maximum absolute atomic E-state index is 5.21. The average Bonchev–Trinajstić information content (AvgIpc) is 2.34. The molecule has 3 nitrogen and oxygen atoms in total. The van der Waals surface area contributed by atoms with Crippen molar-refractivity contribution < 1.29 is 9.47 Å². The lowest BCUT2D eigenvalue weighted by atomic mass is 10.2. The van der Waals surface area contributed by atoms with Gasteiger partial charge >= 0.3 is 0 Å². The van der Waals surface area contributed by atoms with E-state index in [0.29, 0.717) is 0 Å². The van der Waals surface area contributed by atoms with Gasteiger partial charge in [0.25, 0.3) is 0 Å². The van der Waals surface area contributed by atoms with E-state index in [1.807, 2.05) is 12.1 Å². The molecule has 0 aliphatic heterocycles. The zero-order valence-corrected chi connectivity index (χ0v) is 10.4. The number of ether oxygens (including phenoxy) is 2. The van der Waals surface area contributed by atoms with Crippen LogP contribution >= 0.6 is 0 Å². The lowest BCUT2D eigenvalue weighted by Gasteiger charge is -2.20. The Hall–Kier alpha value is -1.06. The second kappa shape index (κ2) is 7.25. The van der Waals surface area contributed by atoms with E-state index in [1.165, 1.54) is 5.56 Å². The first kappa shape index (κ1) is 13.0. The molecule has 0 saturated carbocycles. The molecule has 16 heavy (non-hydrogen) atoms. The van der Waals surface area contributed by atoms with E-state index in [0.717, 1.165) is 32.0 Å². The lowest BCUT2D eigenvalue weighted by molar-refractivity contribution is 0.147. The molecular formula is C13H21NO2. The largest absolute Gasteiger partial charge is 0.497 e. The number of benzene rings is 1. The summed E-state index contributed by atoms with van der Waals surface area (Å²) in [5.74, 6) is 0.917. The monoisotopic (exact) mass is 223 g/mol. The summed E-state index contributed by atoms with van der Waals surface area (Å²) in [6.07, 6.45) is 0. The second-order valence-electron chi connectivity index (χ2n) is 3.71. The highest BCUT2D eigenvalue weighted by atomic mass is 16.5. The Bertz CT molecular complexity index is 302. The van der Waals surface area contributed by atoms with Crippen LogP contribution in [0, 0.1) is 0 Å². The van der Waals surface area contributed by atoms with Crippen molar-refractivity contribution in [1.82, 2.24) is 4.90 Å². The van der Waals surface area contributed by atoms with E-state index in [2.05, 4.69) is 24.0 Å². The molecule has 0 unspecified atom stereocenters. The van der Waals surface area contributed by atoms with Crippen molar-refractivity contribution in [2.75, 3.05) is 33.9 Å². The average molecular weight is 223 g/mol. The van der Waals surface area contributed by atoms with E-state index in [1.54, 1.807) is 14.2 Å². The van der Waals surface area contributed by atoms with Crippen molar-refractivity contribution in [2.24, 2.45) is 0 Å². The van der Waals surface area contributed by atoms with Crippen LogP contribution in [-0.2, 0) is 11.3 Å². The topological polar surface area (TPSA) is 21.7 Å². The van der Waals surface area contributed by atoms with Gasteiger partial charge in [-0.2, -0.15) is 0 Å². The first-order valence-corrected chi connectivity index (χ1v) is 5.64. The van der Waals surface area contributed by atoms with Crippen molar-refractivity contribution in [3.05, 3.63) is 29.8 Å². The normalized spacial score (nSPS) is 10.8. The number of hydrogen-bond acceptors (Lipinski definition) is 3.